The molecule has 0 aliphatic heterocycles. The van der Waals surface area contributed by atoms with E-state index in [9.17, 15) is 0 Å². The summed E-state index contributed by atoms with van der Waals surface area (Å²) >= 11 is 12.2. The number of anilines is 1. The van der Waals surface area contributed by atoms with Crippen LogP contribution in [0.3, 0.4) is 0 Å². The first-order chi connectivity index (χ1) is 11.7. The number of aliphatic imine (C=N–C) groups is 1. The van der Waals surface area contributed by atoms with Crippen LogP contribution >= 0.6 is 23.2 Å². The van der Waals surface area contributed by atoms with Crippen LogP contribution in [0.4, 0.5) is 5.69 Å². The topological polar surface area (TPSA) is 36.4 Å². The number of benzene rings is 1. The second-order valence-electron chi connectivity index (χ2n) is 7.00. The molecular formula is C19H27Cl2N3. The number of guanidine groups is 1. The van der Waals surface area contributed by atoms with Gasteiger partial charge in [-0.05, 0) is 43.9 Å². The predicted molar refractivity (Wildman–Crippen MR) is 104 cm³/mol. The van der Waals surface area contributed by atoms with Gasteiger partial charge in [-0.1, -0.05) is 61.7 Å². The van der Waals surface area contributed by atoms with E-state index >= 15 is 0 Å². The molecule has 2 saturated carbocycles. The highest BCUT2D eigenvalue weighted by atomic mass is 35.5. The standard InChI is InChI=1S/C19H27Cl2N3/c20-17-12-11-16(13-18(17)21)24-19(22-14-7-3-1-4-8-14)23-15-9-5-2-6-10-15/h11-15H,1-10H2,(H2,22,23,24). The van der Waals surface area contributed by atoms with Crippen LogP contribution < -0.4 is 10.6 Å². The summed E-state index contributed by atoms with van der Waals surface area (Å²) in [6.45, 7) is 0. The number of halogens is 2. The molecule has 0 spiro atoms. The highest BCUT2D eigenvalue weighted by molar-refractivity contribution is 6.42. The summed E-state index contributed by atoms with van der Waals surface area (Å²) in [4.78, 5) is 5.00. The zero-order valence-corrected chi connectivity index (χ0v) is 15.7. The highest BCUT2D eigenvalue weighted by Crippen LogP contribution is 2.26. The van der Waals surface area contributed by atoms with Gasteiger partial charge in [-0.2, -0.15) is 0 Å². The van der Waals surface area contributed by atoms with Crippen LogP contribution in [-0.2, 0) is 0 Å². The molecule has 2 N–H and O–H groups in total. The summed E-state index contributed by atoms with van der Waals surface area (Å²) in [6, 6.07) is 6.59. The van der Waals surface area contributed by atoms with Crippen molar-refractivity contribution < 1.29 is 0 Å². The predicted octanol–water partition coefficient (Wildman–Crippen LogP) is 6.02. The minimum atomic E-state index is 0.431. The smallest absolute Gasteiger partial charge is 0.196 e. The molecule has 0 saturated heterocycles. The quantitative estimate of drug-likeness (QED) is 0.506. The van der Waals surface area contributed by atoms with Crippen molar-refractivity contribution in [3.05, 3.63) is 28.2 Å². The summed E-state index contributed by atoms with van der Waals surface area (Å²) in [5.41, 5.74) is 0.933. The first kappa shape index (κ1) is 17.9. The third kappa shape index (κ3) is 5.29. The number of rotatable bonds is 3. The van der Waals surface area contributed by atoms with Gasteiger partial charge in [0.25, 0.3) is 0 Å². The lowest BCUT2D eigenvalue weighted by Crippen LogP contribution is -2.41. The summed E-state index contributed by atoms with van der Waals surface area (Å²) in [7, 11) is 0. The molecule has 132 valence electrons. The minimum Gasteiger partial charge on any atom is -0.353 e. The molecule has 24 heavy (non-hydrogen) atoms. The molecular weight excluding hydrogens is 341 g/mol. The molecule has 1 aromatic rings. The molecule has 2 aliphatic rings. The third-order valence-electron chi connectivity index (χ3n) is 5.01. The van der Waals surface area contributed by atoms with Gasteiger partial charge in [0.15, 0.2) is 5.96 Å². The summed E-state index contributed by atoms with van der Waals surface area (Å²) in [5.74, 6) is 0.896. The van der Waals surface area contributed by atoms with E-state index in [1.54, 1.807) is 0 Å². The molecule has 2 fully saturated rings. The Morgan fingerprint density at radius 1 is 0.875 bits per heavy atom. The lowest BCUT2D eigenvalue weighted by Gasteiger charge is -2.27. The van der Waals surface area contributed by atoms with Crippen LogP contribution in [0, 0.1) is 0 Å². The van der Waals surface area contributed by atoms with Crippen molar-refractivity contribution in [2.45, 2.75) is 76.3 Å². The summed E-state index contributed by atoms with van der Waals surface area (Å²) in [5, 5.41) is 8.23. The largest absolute Gasteiger partial charge is 0.353 e. The van der Waals surface area contributed by atoms with Crippen LogP contribution in [0.5, 0.6) is 0 Å². The molecule has 0 aromatic heterocycles. The first-order valence-corrected chi connectivity index (χ1v) is 10.0. The average Bonchev–Trinajstić information content (AvgIpc) is 2.60. The van der Waals surface area contributed by atoms with E-state index in [0.29, 0.717) is 22.1 Å². The first-order valence-electron chi connectivity index (χ1n) is 9.27. The van der Waals surface area contributed by atoms with Crippen molar-refractivity contribution in [3.8, 4) is 0 Å². The van der Waals surface area contributed by atoms with Gasteiger partial charge in [-0.3, -0.25) is 0 Å². The Bertz CT molecular complexity index is 562. The Kier molecular flexibility index (Phi) is 6.67. The Balaban J connectivity index is 1.72. The van der Waals surface area contributed by atoms with Crippen molar-refractivity contribution in [3.63, 3.8) is 0 Å². The highest BCUT2D eigenvalue weighted by Gasteiger charge is 2.18. The molecule has 2 aliphatic carbocycles. The van der Waals surface area contributed by atoms with E-state index in [1.165, 1.54) is 64.2 Å². The molecule has 1 aromatic carbocycles. The van der Waals surface area contributed by atoms with E-state index in [4.69, 9.17) is 28.2 Å². The van der Waals surface area contributed by atoms with Crippen LogP contribution in [0.2, 0.25) is 10.0 Å². The van der Waals surface area contributed by atoms with Crippen LogP contribution in [0.15, 0.2) is 23.2 Å². The van der Waals surface area contributed by atoms with Gasteiger partial charge < -0.3 is 10.6 Å². The van der Waals surface area contributed by atoms with Crippen LogP contribution in [0.1, 0.15) is 64.2 Å². The fourth-order valence-corrected chi connectivity index (χ4v) is 3.95. The van der Waals surface area contributed by atoms with E-state index < -0.39 is 0 Å². The van der Waals surface area contributed by atoms with Gasteiger partial charge in [-0.25, -0.2) is 4.99 Å². The molecule has 0 bridgehead atoms. The summed E-state index contributed by atoms with van der Waals surface area (Å²) < 4.78 is 0. The average molecular weight is 368 g/mol. The van der Waals surface area contributed by atoms with Gasteiger partial charge in [0.05, 0.1) is 16.1 Å². The number of hydrogen-bond donors (Lipinski definition) is 2. The lowest BCUT2D eigenvalue weighted by molar-refractivity contribution is 0.408. The van der Waals surface area contributed by atoms with Gasteiger partial charge in [-0.15, -0.1) is 0 Å². The van der Waals surface area contributed by atoms with E-state index in [2.05, 4.69) is 10.6 Å². The second kappa shape index (κ2) is 8.96. The molecule has 3 rings (SSSR count). The SMILES string of the molecule is Clc1ccc(NC(=NC2CCCCC2)NC2CCCCC2)cc1Cl. The normalized spacial score (nSPS) is 20.8. The Hall–Kier alpha value is -0.930. The van der Waals surface area contributed by atoms with Crippen molar-refractivity contribution >= 4 is 34.8 Å². The number of hydrogen-bond acceptors (Lipinski definition) is 1. The van der Waals surface area contributed by atoms with Gasteiger partial charge in [0, 0.05) is 11.7 Å². The van der Waals surface area contributed by atoms with E-state index in [-0.39, 0.29) is 0 Å². The lowest BCUT2D eigenvalue weighted by atomic mass is 9.95. The van der Waals surface area contributed by atoms with E-state index in [0.717, 1.165) is 11.6 Å². The maximum atomic E-state index is 6.15. The van der Waals surface area contributed by atoms with Crippen molar-refractivity contribution in [2.24, 2.45) is 4.99 Å². The van der Waals surface area contributed by atoms with Crippen LogP contribution in [0.25, 0.3) is 0 Å². The molecule has 0 unspecified atom stereocenters. The number of nitrogens with one attached hydrogen (secondary N) is 2. The van der Waals surface area contributed by atoms with Crippen molar-refractivity contribution in [1.29, 1.82) is 0 Å². The third-order valence-corrected chi connectivity index (χ3v) is 5.75. The second-order valence-corrected chi connectivity index (χ2v) is 7.82. The van der Waals surface area contributed by atoms with Gasteiger partial charge in [0.1, 0.15) is 0 Å². The van der Waals surface area contributed by atoms with Crippen molar-refractivity contribution in [2.75, 3.05) is 5.32 Å². The molecule has 0 atom stereocenters. The maximum absolute atomic E-state index is 6.15. The van der Waals surface area contributed by atoms with Crippen LogP contribution in [-0.4, -0.2) is 18.0 Å². The number of nitrogens with zero attached hydrogens (tertiary/aromatic N) is 1. The fraction of sp³-hybridized carbons (Fsp3) is 0.632. The molecule has 0 amide bonds. The van der Waals surface area contributed by atoms with Gasteiger partial charge in [0.2, 0.25) is 0 Å². The zero-order chi connectivity index (χ0) is 16.8. The summed E-state index contributed by atoms with van der Waals surface area (Å²) in [6.07, 6.45) is 12.7. The Morgan fingerprint density at radius 3 is 2.21 bits per heavy atom. The Morgan fingerprint density at radius 2 is 1.54 bits per heavy atom. The Labute approximate surface area is 155 Å². The zero-order valence-electron chi connectivity index (χ0n) is 14.2. The molecule has 0 heterocycles. The van der Waals surface area contributed by atoms with E-state index in [1.807, 2.05) is 18.2 Å². The fourth-order valence-electron chi connectivity index (χ4n) is 3.65. The maximum Gasteiger partial charge on any atom is 0.196 e. The van der Waals surface area contributed by atoms with Crippen molar-refractivity contribution in [1.82, 2.24) is 5.32 Å². The molecule has 5 heteroatoms. The van der Waals surface area contributed by atoms with Gasteiger partial charge >= 0.3 is 0 Å². The molecule has 3 nitrogen and oxygen atoms in total. The minimum absolute atomic E-state index is 0.431. The monoisotopic (exact) mass is 367 g/mol. The molecule has 0 radical (unpaired) electrons.